The highest BCUT2D eigenvalue weighted by Gasteiger charge is 2.17. The lowest BCUT2D eigenvalue weighted by atomic mass is 10.2. The number of ether oxygens (including phenoxy) is 3. The zero-order chi connectivity index (χ0) is 14.8. The SMILES string of the molecule is CCNC(CCOc1cccc(OCC)c1)C(=O)OC. The molecule has 0 aliphatic rings. The van der Waals surface area contributed by atoms with E-state index >= 15 is 0 Å². The van der Waals surface area contributed by atoms with Crippen molar-refractivity contribution < 1.29 is 19.0 Å². The monoisotopic (exact) mass is 281 g/mol. The molecule has 1 aromatic carbocycles. The Bertz CT molecular complexity index is 409. The molecule has 1 aromatic rings. The van der Waals surface area contributed by atoms with Gasteiger partial charge >= 0.3 is 5.97 Å². The summed E-state index contributed by atoms with van der Waals surface area (Å²) < 4.78 is 15.8. The van der Waals surface area contributed by atoms with E-state index in [0.717, 1.165) is 11.5 Å². The van der Waals surface area contributed by atoms with Gasteiger partial charge in [0, 0.05) is 12.5 Å². The molecule has 1 atom stereocenters. The van der Waals surface area contributed by atoms with E-state index in [4.69, 9.17) is 14.2 Å². The summed E-state index contributed by atoms with van der Waals surface area (Å²) in [4.78, 5) is 11.5. The van der Waals surface area contributed by atoms with Gasteiger partial charge in [-0.2, -0.15) is 0 Å². The maximum atomic E-state index is 11.5. The fourth-order valence-electron chi connectivity index (χ4n) is 1.81. The van der Waals surface area contributed by atoms with Crippen molar-refractivity contribution in [3.8, 4) is 11.5 Å². The zero-order valence-electron chi connectivity index (χ0n) is 12.3. The van der Waals surface area contributed by atoms with Gasteiger partial charge in [-0.1, -0.05) is 13.0 Å². The summed E-state index contributed by atoms with van der Waals surface area (Å²) in [5, 5.41) is 3.07. The molecule has 5 nitrogen and oxygen atoms in total. The van der Waals surface area contributed by atoms with Crippen molar-refractivity contribution >= 4 is 5.97 Å². The number of benzene rings is 1. The summed E-state index contributed by atoms with van der Waals surface area (Å²) in [7, 11) is 1.39. The van der Waals surface area contributed by atoms with E-state index in [1.807, 2.05) is 38.1 Å². The molecular weight excluding hydrogens is 258 g/mol. The molecular formula is C15H23NO4. The number of esters is 1. The molecule has 0 aliphatic carbocycles. The molecule has 0 spiro atoms. The average Bonchev–Trinajstić information content (AvgIpc) is 2.46. The molecule has 0 aromatic heterocycles. The van der Waals surface area contributed by atoms with Gasteiger partial charge in [0.2, 0.25) is 0 Å². The summed E-state index contributed by atoms with van der Waals surface area (Å²) >= 11 is 0. The number of methoxy groups -OCH3 is 1. The van der Waals surface area contributed by atoms with Crippen LogP contribution in [0.1, 0.15) is 20.3 Å². The fourth-order valence-corrected chi connectivity index (χ4v) is 1.81. The maximum Gasteiger partial charge on any atom is 0.322 e. The van der Waals surface area contributed by atoms with Crippen molar-refractivity contribution in [2.75, 3.05) is 26.9 Å². The van der Waals surface area contributed by atoms with Gasteiger partial charge in [0.15, 0.2) is 0 Å². The van der Waals surface area contributed by atoms with E-state index in [-0.39, 0.29) is 12.0 Å². The molecule has 112 valence electrons. The third kappa shape index (κ3) is 5.48. The molecule has 1 rings (SSSR count). The molecule has 1 unspecified atom stereocenters. The predicted octanol–water partition coefficient (Wildman–Crippen LogP) is 2.01. The first-order valence-electron chi connectivity index (χ1n) is 6.88. The van der Waals surface area contributed by atoms with Crippen LogP contribution >= 0.6 is 0 Å². The van der Waals surface area contributed by atoms with Crippen LogP contribution in [0.2, 0.25) is 0 Å². The second kappa shape index (κ2) is 9.20. The van der Waals surface area contributed by atoms with E-state index in [1.165, 1.54) is 7.11 Å². The highest BCUT2D eigenvalue weighted by Crippen LogP contribution is 2.19. The molecule has 20 heavy (non-hydrogen) atoms. The first kappa shape index (κ1) is 16.3. The Morgan fingerprint density at radius 3 is 2.55 bits per heavy atom. The van der Waals surface area contributed by atoms with Crippen LogP contribution in [0.5, 0.6) is 11.5 Å². The standard InChI is InChI=1S/C15H23NO4/c1-4-16-14(15(17)18-3)9-10-20-13-8-6-7-12(11-13)19-5-2/h6-8,11,14,16H,4-5,9-10H2,1-3H3. The summed E-state index contributed by atoms with van der Waals surface area (Å²) in [5.41, 5.74) is 0. The molecule has 0 saturated heterocycles. The first-order chi connectivity index (χ1) is 9.71. The predicted molar refractivity (Wildman–Crippen MR) is 77.2 cm³/mol. The molecule has 0 heterocycles. The molecule has 0 aliphatic heterocycles. The van der Waals surface area contributed by atoms with Crippen molar-refractivity contribution in [1.82, 2.24) is 5.32 Å². The van der Waals surface area contributed by atoms with Gasteiger partial charge in [-0.05, 0) is 25.6 Å². The Hall–Kier alpha value is -1.75. The second-order valence-electron chi connectivity index (χ2n) is 4.18. The van der Waals surface area contributed by atoms with Gasteiger partial charge in [-0.25, -0.2) is 0 Å². The van der Waals surface area contributed by atoms with Crippen LogP contribution in [0.4, 0.5) is 0 Å². The first-order valence-corrected chi connectivity index (χ1v) is 6.88. The normalized spacial score (nSPS) is 11.8. The molecule has 0 saturated carbocycles. The zero-order valence-corrected chi connectivity index (χ0v) is 12.3. The quantitative estimate of drug-likeness (QED) is 0.702. The third-order valence-electron chi connectivity index (χ3n) is 2.73. The minimum Gasteiger partial charge on any atom is -0.494 e. The van der Waals surface area contributed by atoms with Crippen molar-refractivity contribution in [3.63, 3.8) is 0 Å². The number of hydrogen-bond acceptors (Lipinski definition) is 5. The largest absolute Gasteiger partial charge is 0.494 e. The lowest BCUT2D eigenvalue weighted by Crippen LogP contribution is -2.38. The lowest BCUT2D eigenvalue weighted by molar-refractivity contribution is -0.143. The minimum atomic E-state index is -0.333. The average molecular weight is 281 g/mol. The highest BCUT2D eigenvalue weighted by molar-refractivity contribution is 5.75. The molecule has 0 amide bonds. The van der Waals surface area contributed by atoms with Crippen LogP contribution in [0.15, 0.2) is 24.3 Å². The molecule has 5 heteroatoms. The Morgan fingerprint density at radius 1 is 1.25 bits per heavy atom. The Kier molecular flexibility index (Phi) is 7.50. The summed E-state index contributed by atoms with van der Waals surface area (Å²) in [5.74, 6) is 1.25. The van der Waals surface area contributed by atoms with Crippen molar-refractivity contribution in [2.24, 2.45) is 0 Å². The molecule has 0 bridgehead atoms. The van der Waals surface area contributed by atoms with Crippen LogP contribution in [0.3, 0.4) is 0 Å². The topological polar surface area (TPSA) is 56.8 Å². The Morgan fingerprint density at radius 2 is 1.95 bits per heavy atom. The summed E-state index contributed by atoms with van der Waals surface area (Å²) in [6.45, 7) is 5.64. The highest BCUT2D eigenvalue weighted by atomic mass is 16.5. The van der Waals surface area contributed by atoms with E-state index in [1.54, 1.807) is 0 Å². The molecule has 0 fully saturated rings. The van der Waals surface area contributed by atoms with Gasteiger partial charge in [-0.15, -0.1) is 0 Å². The maximum absolute atomic E-state index is 11.5. The molecule has 1 N–H and O–H groups in total. The van der Waals surface area contributed by atoms with Gasteiger partial charge in [0.1, 0.15) is 17.5 Å². The van der Waals surface area contributed by atoms with Crippen molar-refractivity contribution in [1.29, 1.82) is 0 Å². The Labute approximate surface area is 120 Å². The van der Waals surface area contributed by atoms with E-state index < -0.39 is 0 Å². The number of rotatable bonds is 9. The number of carbonyl (C=O) groups is 1. The summed E-state index contributed by atoms with van der Waals surface area (Å²) in [6, 6.07) is 7.13. The number of carbonyl (C=O) groups excluding carboxylic acids is 1. The smallest absolute Gasteiger partial charge is 0.322 e. The minimum absolute atomic E-state index is 0.265. The van der Waals surface area contributed by atoms with Gasteiger partial charge in [-0.3, -0.25) is 4.79 Å². The summed E-state index contributed by atoms with van der Waals surface area (Å²) in [6.07, 6.45) is 0.555. The van der Waals surface area contributed by atoms with Crippen molar-refractivity contribution in [3.05, 3.63) is 24.3 Å². The second-order valence-corrected chi connectivity index (χ2v) is 4.18. The lowest BCUT2D eigenvalue weighted by Gasteiger charge is -2.15. The van der Waals surface area contributed by atoms with E-state index in [2.05, 4.69) is 5.32 Å². The fraction of sp³-hybridized carbons (Fsp3) is 0.533. The van der Waals surface area contributed by atoms with Crippen LogP contribution in [0, 0.1) is 0 Å². The molecule has 0 radical (unpaired) electrons. The van der Waals surface area contributed by atoms with Crippen LogP contribution in [0.25, 0.3) is 0 Å². The van der Waals surface area contributed by atoms with Crippen LogP contribution in [-0.2, 0) is 9.53 Å². The van der Waals surface area contributed by atoms with E-state index in [9.17, 15) is 4.79 Å². The third-order valence-corrected chi connectivity index (χ3v) is 2.73. The van der Waals surface area contributed by atoms with Crippen LogP contribution in [-0.4, -0.2) is 38.9 Å². The van der Waals surface area contributed by atoms with Gasteiger partial charge in [0.05, 0.1) is 20.3 Å². The number of nitrogens with one attached hydrogen (secondary N) is 1. The number of hydrogen-bond donors (Lipinski definition) is 1. The Balaban J connectivity index is 2.45. The number of likely N-dealkylation sites (N-methyl/N-ethyl adjacent to an activating group) is 1. The van der Waals surface area contributed by atoms with Crippen LogP contribution < -0.4 is 14.8 Å². The van der Waals surface area contributed by atoms with Gasteiger partial charge in [0.25, 0.3) is 0 Å². The van der Waals surface area contributed by atoms with E-state index in [0.29, 0.717) is 26.2 Å². The van der Waals surface area contributed by atoms with Gasteiger partial charge < -0.3 is 19.5 Å². The van der Waals surface area contributed by atoms with Crippen molar-refractivity contribution in [2.45, 2.75) is 26.3 Å².